The minimum absolute atomic E-state index is 0.0111. The summed E-state index contributed by atoms with van der Waals surface area (Å²) in [6.07, 6.45) is 2.58. The van der Waals surface area contributed by atoms with Crippen molar-refractivity contribution in [2.75, 3.05) is 23.0 Å². The van der Waals surface area contributed by atoms with Crippen LogP contribution >= 0.6 is 23.5 Å². The van der Waals surface area contributed by atoms with E-state index in [-0.39, 0.29) is 28.8 Å². The predicted molar refractivity (Wildman–Crippen MR) is 133 cm³/mol. The van der Waals surface area contributed by atoms with Crippen molar-refractivity contribution in [1.29, 1.82) is 0 Å². The smallest absolute Gasteiger partial charge is 0.299 e. The first kappa shape index (κ1) is 29.8. The molecule has 0 spiro atoms. The van der Waals surface area contributed by atoms with Crippen molar-refractivity contribution in [3.8, 4) is 0 Å². The molecule has 4 unspecified atom stereocenters. The Bertz CT molecular complexity index is 1220. The summed E-state index contributed by atoms with van der Waals surface area (Å²) in [5.74, 6) is -4.06. The summed E-state index contributed by atoms with van der Waals surface area (Å²) in [6, 6.07) is 2.44. The largest absolute Gasteiger partial charge is 0.308 e. The number of Topliss-reactive ketones (excluding diaryl/α,β-unsaturated/α-hetero) is 1. The van der Waals surface area contributed by atoms with Gasteiger partial charge in [-0.2, -0.15) is 37.4 Å². The molecule has 1 aliphatic carbocycles. The lowest BCUT2D eigenvalue weighted by Gasteiger charge is -2.35. The summed E-state index contributed by atoms with van der Waals surface area (Å²) in [5, 5.41) is -1.61. The van der Waals surface area contributed by atoms with Gasteiger partial charge in [0.1, 0.15) is 11.6 Å². The molecule has 0 radical (unpaired) electrons. The van der Waals surface area contributed by atoms with Crippen molar-refractivity contribution in [3.63, 3.8) is 0 Å². The van der Waals surface area contributed by atoms with Crippen molar-refractivity contribution >= 4 is 49.5 Å². The van der Waals surface area contributed by atoms with Gasteiger partial charge in [0.25, 0.3) is 20.2 Å². The number of ketones is 1. The predicted octanol–water partition coefficient (Wildman–Crippen LogP) is 2.55. The van der Waals surface area contributed by atoms with E-state index >= 15 is 0 Å². The van der Waals surface area contributed by atoms with Crippen molar-refractivity contribution < 1.29 is 39.5 Å². The Morgan fingerprint density at radius 3 is 2.03 bits per heavy atom. The number of aromatic nitrogens is 4. The molecule has 0 saturated heterocycles. The van der Waals surface area contributed by atoms with Crippen LogP contribution in [0.2, 0.25) is 0 Å². The van der Waals surface area contributed by atoms with Crippen LogP contribution in [0.1, 0.15) is 41.3 Å². The molecule has 37 heavy (non-hydrogen) atoms. The molecule has 2 heterocycles. The quantitative estimate of drug-likeness (QED) is 0.207. The SMILES string of the molecule is O=C1C(C(SCCS(=O)(=O)O)c2ccnc(F)n2)CCCC1C(SCCS(=O)(=O)O)c1nccc(F)n1. The maximum Gasteiger partial charge on any atom is 0.308 e. The molecular weight excluding hydrogens is 575 g/mol. The first-order valence-electron chi connectivity index (χ1n) is 11.0. The topological polar surface area (TPSA) is 177 Å². The molecule has 0 amide bonds. The fraction of sp³-hybridized carbons (Fsp3) is 0.550. The first-order valence-corrected chi connectivity index (χ1v) is 16.3. The number of hydrogen-bond acceptors (Lipinski definition) is 11. The maximum atomic E-state index is 13.9. The van der Waals surface area contributed by atoms with Gasteiger partial charge in [0.2, 0.25) is 5.95 Å². The van der Waals surface area contributed by atoms with Crippen LogP contribution in [0.25, 0.3) is 0 Å². The summed E-state index contributed by atoms with van der Waals surface area (Å²) in [6.45, 7) is 0. The van der Waals surface area contributed by atoms with E-state index in [0.717, 1.165) is 29.6 Å². The summed E-state index contributed by atoms with van der Waals surface area (Å²) in [5.41, 5.74) is 0.171. The van der Waals surface area contributed by atoms with Gasteiger partial charge in [-0.1, -0.05) is 6.42 Å². The molecule has 1 fully saturated rings. The number of thioether (sulfide) groups is 2. The Balaban J connectivity index is 1.92. The van der Waals surface area contributed by atoms with Crippen LogP contribution in [0, 0.1) is 23.9 Å². The zero-order chi connectivity index (χ0) is 27.2. The van der Waals surface area contributed by atoms with E-state index in [0.29, 0.717) is 19.3 Å². The summed E-state index contributed by atoms with van der Waals surface area (Å²) in [7, 11) is -8.56. The molecule has 204 valence electrons. The zero-order valence-corrected chi connectivity index (χ0v) is 22.4. The van der Waals surface area contributed by atoms with Crippen molar-refractivity contribution in [2.45, 2.75) is 29.8 Å². The molecule has 0 bridgehead atoms. The van der Waals surface area contributed by atoms with E-state index in [1.807, 2.05) is 0 Å². The maximum absolute atomic E-state index is 13.9. The minimum Gasteiger partial charge on any atom is -0.299 e. The molecule has 4 atom stereocenters. The van der Waals surface area contributed by atoms with Crippen LogP contribution < -0.4 is 0 Å². The molecule has 1 saturated carbocycles. The van der Waals surface area contributed by atoms with Crippen LogP contribution in [0.4, 0.5) is 8.78 Å². The normalized spacial score (nSPS) is 20.5. The third kappa shape index (κ3) is 9.17. The van der Waals surface area contributed by atoms with Crippen LogP contribution in [-0.4, -0.2) is 74.7 Å². The molecule has 2 aromatic rings. The zero-order valence-electron chi connectivity index (χ0n) is 19.2. The van der Waals surface area contributed by atoms with Crippen LogP contribution in [0.5, 0.6) is 0 Å². The molecule has 2 aromatic heterocycles. The van der Waals surface area contributed by atoms with Gasteiger partial charge in [0, 0.05) is 41.8 Å². The number of nitrogens with zero attached hydrogens (tertiary/aromatic N) is 4. The molecule has 11 nitrogen and oxygen atoms in total. The van der Waals surface area contributed by atoms with Crippen LogP contribution in [0.15, 0.2) is 24.5 Å². The van der Waals surface area contributed by atoms with Gasteiger partial charge in [-0.05, 0) is 18.9 Å². The number of halogens is 2. The number of carbonyl (C=O) groups is 1. The van der Waals surface area contributed by atoms with E-state index in [1.54, 1.807) is 0 Å². The summed E-state index contributed by atoms with van der Waals surface area (Å²) in [4.78, 5) is 28.8. The lowest BCUT2D eigenvalue weighted by atomic mass is 9.76. The standard InChI is InChI=1S/C20H24F2N4O7S4/c21-15-5-7-23-19(26-15)18(35-9-11-37(31,32)33)13-3-1-2-12(16(13)27)17(34-8-10-36(28,29)30)14-4-6-24-20(22)25-14/h4-7,12-13,17-18H,1-3,8-11H2,(H,28,29,30)(H,31,32,33). The second-order valence-electron chi connectivity index (χ2n) is 8.19. The highest BCUT2D eigenvalue weighted by molar-refractivity contribution is 8.00. The second kappa shape index (κ2) is 12.8. The second-order valence-corrected chi connectivity index (χ2v) is 13.8. The third-order valence-corrected chi connectivity index (χ3v) is 10.3. The van der Waals surface area contributed by atoms with Gasteiger partial charge in [-0.25, -0.2) is 19.9 Å². The van der Waals surface area contributed by atoms with Crippen molar-refractivity contribution in [2.24, 2.45) is 11.8 Å². The Kier molecular flexibility index (Phi) is 10.3. The van der Waals surface area contributed by atoms with Crippen molar-refractivity contribution in [3.05, 3.63) is 48.1 Å². The third-order valence-electron chi connectivity index (χ3n) is 5.60. The minimum atomic E-state index is -4.28. The van der Waals surface area contributed by atoms with Crippen LogP contribution in [0.3, 0.4) is 0 Å². The summed E-state index contributed by atoms with van der Waals surface area (Å²) < 4.78 is 90.8. The number of carbonyl (C=O) groups excluding carboxylic acids is 1. The fourth-order valence-electron chi connectivity index (χ4n) is 4.05. The Morgan fingerprint density at radius 1 is 0.892 bits per heavy atom. The van der Waals surface area contributed by atoms with E-state index in [4.69, 9.17) is 9.11 Å². The van der Waals surface area contributed by atoms with Crippen molar-refractivity contribution in [1.82, 2.24) is 19.9 Å². The highest BCUT2D eigenvalue weighted by Gasteiger charge is 2.42. The van der Waals surface area contributed by atoms with Gasteiger partial charge < -0.3 is 0 Å². The molecule has 1 aliphatic rings. The fourth-order valence-corrected chi connectivity index (χ4v) is 8.58. The average molecular weight is 599 g/mol. The molecular formula is C20H24F2N4O7S4. The summed E-state index contributed by atoms with van der Waals surface area (Å²) >= 11 is 2.02. The Labute approximate surface area is 221 Å². The average Bonchev–Trinajstić information content (AvgIpc) is 2.79. The number of hydrogen-bond donors (Lipinski definition) is 2. The Morgan fingerprint density at radius 2 is 1.46 bits per heavy atom. The van der Waals surface area contributed by atoms with Gasteiger partial charge in [0.05, 0.1) is 27.7 Å². The van der Waals surface area contributed by atoms with E-state index in [9.17, 15) is 30.4 Å². The highest BCUT2D eigenvalue weighted by Crippen LogP contribution is 2.47. The molecule has 2 N–H and O–H groups in total. The van der Waals surface area contributed by atoms with E-state index in [1.165, 1.54) is 18.5 Å². The molecule has 17 heteroatoms. The van der Waals surface area contributed by atoms with Gasteiger partial charge in [0.15, 0.2) is 0 Å². The van der Waals surface area contributed by atoms with Gasteiger partial charge in [-0.3, -0.25) is 13.9 Å². The van der Waals surface area contributed by atoms with Gasteiger partial charge in [-0.15, -0.1) is 11.8 Å². The molecule has 0 aliphatic heterocycles. The molecule has 0 aromatic carbocycles. The first-order chi connectivity index (χ1) is 17.3. The van der Waals surface area contributed by atoms with E-state index in [2.05, 4.69) is 19.9 Å². The lowest BCUT2D eigenvalue weighted by Crippen LogP contribution is -2.35. The van der Waals surface area contributed by atoms with E-state index < -0.39 is 66.1 Å². The van der Waals surface area contributed by atoms with Gasteiger partial charge >= 0.3 is 6.08 Å². The number of rotatable bonds is 12. The van der Waals surface area contributed by atoms with Crippen LogP contribution in [-0.2, 0) is 25.0 Å². The monoisotopic (exact) mass is 598 g/mol. The lowest BCUT2D eigenvalue weighted by molar-refractivity contribution is -0.129. The Hall–Kier alpha value is -1.79. The highest BCUT2D eigenvalue weighted by atomic mass is 32.2. The molecule has 3 rings (SSSR count).